The molecule has 3 aliphatic carbocycles. The SMILES string of the molecule is O[C-]1CCc2ccccc21.[CH]1[CH][CH][CH][CH]1.[CH]1[CH][CH][CH][CH]1.[Zr]. The van der Waals surface area contributed by atoms with Crippen LogP contribution < -0.4 is 0 Å². The zero-order valence-corrected chi connectivity index (χ0v) is 14.4. The topological polar surface area (TPSA) is 20.2 Å². The Morgan fingerprint density at radius 1 is 0.714 bits per heavy atom. The summed E-state index contributed by atoms with van der Waals surface area (Å²) in [6, 6.07) is 8.01. The molecule has 0 unspecified atom stereocenters. The monoisotopic (exact) mass is 353 g/mol. The summed E-state index contributed by atoms with van der Waals surface area (Å²) in [4.78, 5) is 0. The van der Waals surface area contributed by atoms with Crippen LogP contribution in [0.25, 0.3) is 0 Å². The molecular formula is C19H19OZr-. The fourth-order valence-corrected chi connectivity index (χ4v) is 2.05. The van der Waals surface area contributed by atoms with Gasteiger partial charge in [-0.25, -0.2) is 0 Å². The van der Waals surface area contributed by atoms with Crippen LogP contribution in [0.2, 0.25) is 0 Å². The van der Waals surface area contributed by atoms with E-state index in [0.717, 1.165) is 18.4 Å². The van der Waals surface area contributed by atoms with Gasteiger partial charge < -0.3 is 5.11 Å². The Kier molecular flexibility index (Phi) is 10.4. The molecule has 3 aliphatic rings. The molecule has 0 heterocycles. The standard InChI is InChI=1S/C9H9O.2C5H5.Zr/c10-9-6-5-7-3-1-2-4-8(7)9;2*1-2-4-5-3-1;/h1-4,10H,5-6H2;2*1-5H;/q-1;;;. The Balaban J connectivity index is 0.000000171. The molecule has 0 aromatic heterocycles. The van der Waals surface area contributed by atoms with Crippen molar-refractivity contribution in [2.75, 3.05) is 0 Å². The molecule has 4 rings (SSSR count). The van der Waals surface area contributed by atoms with Crippen molar-refractivity contribution in [2.45, 2.75) is 12.8 Å². The van der Waals surface area contributed by atoms with Gasteiger partial charge in [0.25, 0.3) is 0 Å². The zero-order valence-electron chi connectivity index (χ0n) is 11.9. The molecule has 2 saturated carbocycles. The average Bonchev–Trinajstić information content (AvgIpc) is 3.26. The normalized spacial score (nSPS) is 18.8. The molecule has 1 nitrogen and oxygen atoms in total. The van der Waals surface area contributed by atoms with Crippen LogP contribution in [-0.2, 0) is 32.6 Å². The van der Waals surface area contributed by atoms with Gasteiger partial charge in [0.05, 0.1) is 0 Å². The van der Waals surface area contributed by atoms with Crippen molar-refractivity contribution in [3.63, 3.8) is 0 Å². The van der Waals surface area contributed by atoms with E-state index in [1.54, 1.807) is 0 Å². The summed E-state index contributed by atoms with van der Waals surface area (Å²) in [6.45, 7) is 0. The summed E-state index contributed by atoms with van der Waals surface area (Å²) in [5, 5.41) is 9.30. The zero-order chi connectivity index (χ0) is 14.0. The van der Waals surface area contributed by atoms with Gasteiger partial charge in [0.15, 0.2) is 0 Å². The van der Waals surface area contributed by atoms with Crippen molar-refractivity contribution in [3.05, 3.63) is 106 Å². The molecule has 2 fully saturated rings. The number of hydrogen-bond donors (Lipinski definition) is 1. The maximum atomic E-state index is 9.30. The van der Waals surface area contributed by atoms with Crippen molar-refractivity contribution < 1.29 is 31.3 Å². The van der Waals surface area contributed by atoms with Gasteiger partial charge in [-0.15, -0.1) is 17.7 Å². The molecule has 0 saturated heterocycles. The first kappa shape index (κ1) is 19.0. The maximum absolute atomic E-state index is 9.30. The van der Waals surface area contributed by atoms with Crippen LogP contribution in [0.3, 0.4) is 0 Å². The van der Waals surface area contributed by atoms with Gasteiger partial charge in [-0.1, -0.05) is 25.0 Å². The third-order valence-electron chi connectivity index (χ3n) is 3.07. The van der Waals surface area contributed by atoms with Gasteiger partial charge in [0.2, 0.25) is 0 Å². The fourth-order valence-electron chi connectivity index (χ4n) is 2.05. The number of hydrogen-bond acceptors (Lipinski definition) is 1. The Morgan fingerprint density at radius 2 is 1.14 bits per heavy atom. The molecular weight excluding hydrogens is 335 g/mol. The first-order chi connectivity index (χ1) is 9.88. The largest absolute Gasteiger partial charge is 0.426 e. The molecule has 21 heavy (non-hydrogen) atoms. The van der Waals surface area contributed by atoms with Crippen LogP contribution in [0.1, 0.15) is 17.5 Å². The van der Waals surface area contributed by atoms with E-state index in [2.05, 4.69) is 6.07 Å². The van der Waals surface area contributed by atoms with E-state index in [1.165, 1.54) is 5.56 Å². The van der Waals surface area contributed by atoms with E-state index < -0.39 is 0 Å². The predicted octanol–water partition coefficient (Wildman–Crippen LogP) is 3.93. The minimum Gasteiger partial charge on any atom is -0.426 e. The quantitative estimate of drug-likeness (QED) is 0.700. The summed E-state index contributed by atoms with van der Waals surface area (Å²) in [5.41, 5.74) is 2.32. The molecule has 106 valence electrons. The molecule has 1 aromatic rings. The molecule has 0 aliphatic heterocycles. The molecule has 0 atom stereocenters. The van der Waals surface area contributed by atoms with Crippen LogP contribution in [0.5, 0.6) is 0 Å². The van der Waals surface area contributed by atoms with Gasteiger partial charge >= 0.3 is 0 Å². The summed E-state index contributed by atoms with van der Waals surface area (Å²) in [7, 11) is 0. The fraction of sp³-hybridized carbons (Fsp3) is 0.105. The number of rotatable bonds is 0. The first-order valence-corrected chi connectivity index (χ1v) is 6.84. The summed E-state index contributed by atoms with van der Waals surface area (Å²) in [6.07, 6.45) is 22.4. The Hall–Kier alpha value is -0.0669. The number of fused-ring (bicyclic) bond motifs is 1. The maximum Gasteiger partial charge on any atom is 0 e. The second-order valence-corrected chi connectivity index (χ2v) is 4.53. The molecule has 1 aromatic carbocycles. The Labute approximate surface area is 149 Å². The van der Waals surface area contributed by atoms with E-state index in [1.807, 2.05) is 82.4 Å². The van der Waals surface area contributed by atoms with Crippen molar-refractivity contribution in [2.24, 2.45) is 0 Å². The molecule has 0 amide bonds. The summed E-state index contributed by atoms with van der Waals surface area (Å²) < 4.78 is 0. The Bertz CT molecular complexity index is 344. The number of aliphatic hydroxyl groups is 1. The second kappa shape index (κ2) is 11.5. The molecule has 2 heteroatoms. The van der Waals surface area contributed by atoms with Crippen molar-refractivity contribution in [3.8, 4) is 0 Å². The molecule has 0 spiro atoms. The van der Waals surface area contributed by atoms with Gasteiger partial charge in [-0.3, -0.25) is 0 Å². The Morgan fingerprint density at radius 3 is 1.57 bits per heavy atom. The van der Waals surface area contributed by atoms with Crippen molar-refractivity contribution >= 4 is 0 Å². The van der Waals surface area contributed by atoms with E-state index in [9.17, 15) is 5.11 Å². The van der Waals surface area contributed by atoms with E-state index in [-0.39, 0.29) is 26.2 Å². The number of benzene rings is 1. The molecule has 0 bridgehead atoms. The van der Waals surface area contributed by atoms with Crippen LogP contribution in [0.15, 0.2) is 24.3 Å². The van der Waals surface area contributed by atoms with Crippen LogP contribution in [0.4, 0.5) is 0 Å². The van der Waals surface area contributed by atoms with Crippen LogP contribution in [-0.4, -0.2) is 5.11 Å². The van der Waals surface area contributed by atoms with Crippen LogP contribution in [0, 0.1) is 70.3 Å². The first-order valence-electron chi connectivity index (χ1n) is 6.84. The minimum absolute atomic E-state index is 0. The summed E-state index contributed by atoms with van der Waals surface area (Å²) in [5.74, 6) is 0. The molecule has 1 N–H and O–H groups in total. The van der Waals surface area contributed by atoms with Gasteiger partial charge in [0.1, 0.15) is 0 Å². The number of aryl methyl sites for hydroxylation is 1. The minimum atomic E-state index is 0. The van der Waals surface area contributed by atoms with Gasteiger partial charge in [-0.05, 0) is 64.2 Å². The average molecular weight is 355 g/mol. The predicted molar refractivity (Wildman–Crippen MR) is 82.0 cm³/mol. The molecule has 10 radical (unpaired) electrons. The van der Waals surface area contributed by atoms with Crippen molar-refractivity contribution in [1.82, 2.24) is 0 Å². The summed E-state index contributed by atoms with van der Waals surface area (Å²) >= 11 is 0. The van der Waals surface area contributed by atoms with Crippen LogP contribution >= 0.6 is 0 Å². The van der Waals surface area contributed by atoms with Gasteiger partial charge in [0, 0.05) is 26.2 Å². The van der Waals surface area contributed by atoms with E-state index >= 15 is 0 Å². The van der Waals surface area contributed by atoms with E-state index in [0.29, 0.717) is 6.10 Å². The smallest absolute Gasteiger partial charge is 0 e. The van der Waals surface area contributed by atoms with Crippen molar-refractivity contribution in [1.29, 1.82) is 0 Å². The third kappa shape index (κ3) is 7.15. The van der Waals surface area contributed by atoms with E-state index in [4.69, 9.17) is 0 Å². The third-order valence-corrected chi connectivity index (χ3v) is 3.07. The van der Waals surface area contributed by atoms with Gasteiger partial charge in [-0.2, -0.15) is 11.6 Å². The number of aliphatic hydroxyl groups excluding tert-OH is 1. The second-order valence-electron chi connectivity index (χ2n) is 4.53.